The Labute approximate surface area is 175 Å². The molecule has 5 nitrogen and oxygen atoms in total. The van der Waals surface area contributed by atoms with Gasteiger partial charge >= 0.3 is 5.97 Å². The van der Waals surface area contributed by atoms with Crippen LogP contribution in [-0.4, -0.2) is 51.5 Å². The van der Waals surface area contributed by atoms with Crippen LogP contribution in [0, 0.1) is 34.0 Å². The molecule has 0 bridgehead atoms. The molecule has 3 N–H and O–H groups in total. The quantitative estimate of drug-likeness (QED) is 0.344. The van der Waals surface area contributed by atoms with Crippen molar-refractivity contribution in [1.82, 2.24) is 0 Å². The third-order valence-electron chi connectivity index (χ3n) is 8.72. The molecule has 158 valence electrons. The summed E-state index contributed by atoms with van der Waals surface area (Å²) in [5, 5.41) is 31.1. The predicted octanol–water partition coefficient (Wildman–Crippen LogP) is 2.81. The van der Waals surface area contributed by atoms with E-state index in [9.17, 15) is 20.1 Å². The van der Waals surface area contributed by atoms with E-state index < -0.39 is 6.10 Å². The Morgan fingerprint density at radius 2 is 2.04 bits per heavy atom. The number of carbonyl (C=O) groups is 1. The predicted molar refractivity (Wildman–Crippen MR) is 109 cm³/mol. The van der Waals surface area contributed by atoms with Gasteiger partial charge in [0.2, 0.25) is 0 Å². The summed E-state index contributed by atoms with van der Waals surface area (Å²) in [6.45, 7) is 6.05. The van der Waals surface area contributed by atoms with Gasteiger partial charge in [-0.3, -0.25) is 4.79 Å². The maximum Gasteiger partial charge on any atom is 0.302 e. The average molecular weight is 457 g/mol. The molecule has 0 amide bonds. The standard InChI is InChI=1S/C22H33BrO5/c1-12(26)28-17-9-21(3)14-4-5-20(2,19(23)10-24)7-13(14)16(27)6-18(21)22(11-25)8-15(17)22/h4,13,15-19,24-25,27H,5-11H2,1-3H3/t13-,15+,16-,17-,18+,19?,20+,21+,22-/m0/s1. The summed E-state index contributed by atoms with van der Waals surface area (Å²) in [6.07, 6.45) is 5.70. The lowest BCUT2D eigenvalue weighted by atomic mass is 9.48. The smallest absolute Gasteiger partial charge is 0.302 e. The largest absolute Gasteiger partial charge is 0.462 e. The summed E-state index contributed by atoms with van der Waals surface area (Å²) in [5.74, 6) is 0.212. The molecule has 3 saturated carbocycles. The molecule has 0 radical (unpaired) electrons. The van der Waals surface area contributed by atoms with E-state index in [1.165, 1.54) is 12.5 Å². The number of hydrogen-bond acceptors (Lipinski definition) is 5. The van der Waals surface area contributed by atoms with Crippen LogP contribution in [0.15, 0.2) is 11.6 Å². The first-order valence-electron chi connectivity index (χ1n) is 10.5. The Bertz CT molecular complexity index is 694. The molecule has 0 aromatic heterocycles. The number of rotatable bonds is 4. The first-order valence-corrected chi connectivity index (χ1v) is 11.4. The van der Waals surface area contributed by atoms with Gasteiger partial charge in [-0.05, 0) is 48.9 Å². The minimum atomic E-state index is -0.433. The van der Waals surface area contributed by atoms with E-state index >= 15 is 0 Å². The van der Waals surface area contributed by atoms with Gasteiger partial charge in [-0.2, -0.15) is 0 Å². The molecule has 0 aliphatic heterocycles. The van der Waals surface area contributed by atoms with Gasteiger partial charge < -0.3 is 20.1 Å². The van der Waals surface area contributed by atoms with Crippen LogP contribution in [0.25, 0.3) is 0 Å². The highest BCUT2D eigenvalue weighted by molar-refractivity contribution is 9.09. The third-order valence-corrected chi connectivity index (χ3v) is 10.1. The number of halogens is 1. The van der Waals surface area contributed by atoms with Crippen molar-refractivity contribution in [2.45, 2.75) is 69.9 Å². The van der Waals surface area contributed by atoms with E-state index in [0.717, 1.165) is 25.7 Å². The van der Waals surface area contributed by atoms with Crippen molar-refractivity contribution in [3.63, 3.8) is 0 Å². The summed E-state index contributed by atoms with van der Waals surface area (Å²) >= 11 is 3.63. The lowest BCUT2D eigenvalue weighted by Gasteiger charge is -2.58. The summed E-state index contributed by atoms with van der Waals surface area (Å²) in [5.41, 5.74) is 0.765. The van der Waals surface area contributed by atoms with Crippen LogP contribution < -0.4 is 0 Å². The summed E-state index contributed by atoms with van der Waals surface area (Å²) < 4.78 is 5.71. The molecular formula is C22H33BrO5. The number of allylic oxidation sites excluding steroid dienone is 1. The van der Waals surface area contributed by atoms with Gasteiger partial charge in [0.25, 0.3) is 0 Å². The summed E-state index contributed by atoms with van der Waals surface area (Å²) in [7, 11) is 0. The van der Waals surface area contributed by atoms with Crippen molar-refractivity contribution in [3.8, 4) is 0 Å². The maximum absolute atomic E-state index is 11.7. The second-order valence-electron chi connectivity index (χ2n) is 10.3. The van der Waals surface area contributed by atoms with Gasteiger partial charge in [-0.15, -0.1) is 0 Å². The number of aliphatic hydroxyl groups is 3. The lowest BCUT2D eigenvalue weighted by molar-refractivity contribution is -0.158. The van der Waals surface area contributed by atoms with E-state index in [2.05, 4.69) is 35.9 Å². The molecule has 9 atom stereocenters. The first kappa shape index (κ1) is 20.8. The monoisotopic (exact) mass is 456 g/mol. The van der Waals surface area contributed by atoms with Crippen LogP contribution in [0.5, 0.6) is 0 Å². The molecule has 0 heterocycles. The van der Waals surface area contributed by atoms with E-state index in [1.54, 1.807) is 0 Å². The fourth-order valence-corrected chi connectivity index (χ4v) is 7.48. The van der Waals surface area contributed by atoms with Gasteiger partial charge in [0.15, 0.2) is 0 Å². The normalized spacial score (nSPS) is 50.5. The summed E-state index contributed by atoms with van der Waals surface area (Å²) in [6, 6.07) is 0. The van der Waals surface area contributed by atoms with Crippen LogP contribution in [0.4, 0.5) is 0 Å². The molecule has 1 unspecified atom stereocenters. The Morgan fingerprint density at radius 3 is 2.64 bits per heavy atom. The van der Waals surface area contributed by atoms with Gasteiger partial charge in [0, 0.05) is 35.6 Å². The van der Waals surface area contributed by atoms with E-state index in [4.69, 9.17) is 4.74 Å². The molecule has 3 fully saturated rings. The lowest BCUT2D eigenvalue weighted by Crippen LogP contribution is -2.56. The topological polar surface area (TPSA) is 87.0 Å². The number of esters is 1. The highest BCUT2D eigenvalue weighted by atomic mass is 79.9. The highest BCUT2D eigenvalue weighted by Gasteiger charge is 2.72. The fourth-order valence-electron chi connectivity index (χ4n) is 7.10. The number of hydrogen-bond donors (Lipinski definition) is 3. The summed E-state index contributed by atoms with van der Waals surface area (Å²) in [4.78, 5) is 11.7. The number of alkyl halides is 1. The Balaban J connectivity index is 1.71. The van der Waals surface area contributed by atoms with Gasteiger partial charge in [-0.25, -0.2) is 0 Å². The minimum Gasteiger partial charge on any atom is -0.462 e. The average Bonchev–Trinajstić information content (AvgIpc) is 3.39. The molecule has 0 aromatic carbocycles. The molecule has 0 aromatic rings. The molecule has 28 heavy (non-hydrogen) atoms. The molecule has 4 aliphatic carbocycles. The van der Waals surface area contributed by atoms with Crippen LogP contribution in [-0.2, 0) is 9.53 Å². The second-order valence-corrected chi connectivity index (χ2v) is 11.4. The zero-order chi connectivity index (χ0) is 20.5. The Morgan fingerprint density at radius 1 is 1.32 bits per heavy atom. The molecule has 4 rings (SSSR count). The van der Waals surface area contributed by atoms with Crippen molar-refractivity contribution in [1.29, 1.82) is 0 Å². The molecule has 0 spiro atoms. The van der Waals surface area contributed by atoms with E-state index in [-0.39, 0.29) is 64.1 Å². The minimum absolute atomic E-state index is 0.00715. The Kier molecular flexibility index (Phi) is 5.05. The van der Waals surface area contributed by atoms with Gasteiger partial charge in [0.1, 0.15) is 6.10 Å². The molecule has 6 heteroatoms. The highest BCUT2D eigenvalue weighted by Crippen LogP contribution is 2.74. The SMILES string of the molecule is CC(=O)O[C@H]1C[C@]2(C)C3=CC[C@@](C)(C(Br)CO)C[C@@H]3[C@@H](O)C[C@H]2[C@]2(CO)C[C@H]12. The van der Waals surface area contributed by atoms with Gasteiger partial charge in [-0.1, -0.05) is 41.4 Å². The van der Waals surface area contributed by atoms with E-state index in [0.29, 0.717) is 6.42 Å². The second kappa shape index (κ2) is 6.79. The van der Waals surface area contributed by atoms with Crippen LogP contribution >= 0.6 is 15.9 Å². The van der Waals surface area contributed by atoms with Crippen LogP contribution in [0.3, 0.4) is 0 Å². The van der Waals surface area contributed by atoms with Crippen LogP contribution in [0.1, 0.15) is 52.9 Å². The zero-order valence-corrected chi connectivity index (χ0v) is 18.6. The van der Waals surface area contributed by atoms with Crippen molar-refractivity contribution in [3.05, 3.63) is 11.6 Å². The molecule has 4 aliphatic rings. The number of ether oxygens (including phenoxy) is 1. The number of fused-ring (bicyclic) bond motifs is 5. The number of aliphatic hydroxyl groups excluding tert-OH is 3. The van der Waals surface area contributed by atoms with Crippen molar-refractivity contribution >= 4 is 21.9 Å². The van der Waals surface area contributed by atoms with Crippen LogP contribution in [0.2, 0.25) is 0 Å². The Hall–Kier alpha value is -0.430. The number of carbonyl (C=O) groups excluding carboxylic acids is 1. The fraction of sp³-hybridized carbons (Fsp3) is 0.864. The zero-order valence-electron chi connectivity index (χ0n) is 17.0. The molecular weight excluding hydrogens is 424 g/mol. The first-order chi connectivity index (χ1) is 13.1. The van der Waals surface area contributed by atoms with Gasteiger partial charge in [0.05, 0.1) is 12.7 Å². The maximum atomic E-state index is 11.7. The van der Waals surface area contributed by atoms with Crippen molar-refractivity contribution < 1.29 is 24.9 Å². The van der Waals surface area contributed by atoms with Crippen molar-refractivity contribution in [2.75, 3.05) is 13.2 Å². The van der Waals surface area contributed by atoms with E-state index in [1.807, 2.05) is 0 Å². The van der Waals surface area contributed by atoms with Crippen molar-refractivity contribution in [2.24, 2.45) is 34.0 Å². The molecule has 0 saturated heterocycles. The third kappa shape index (κ3) is 2.85.